The Balaban J connectivity index is 1.47. The fourth-order valence-electron chi connectivity index (χ4n) is 2.79. The molecule has 0 bridgehead atoms. The van der Waals surface area contributed by atoms with Crippen LogP contribution in [-0.2, 0) is 0 Å². The van der Waals surface area contributed by atoms with Crippen LogP contribution < -0.4 is 0 Å². The number of hydrogen-bond donors (Lipinski definition) is 0. The lowest BCUT2D eigenvalue weighted by Crippen LogP contribution is -2.39. The van der Waals surface area contributed by atoms with Gasteiger partial charge >= 0.3 is 0 Å². The van der Waals surface area contributed by atoms with Gasteiger partial charge in [-0.3, -0.25) is 4.90 Å². The lowest BCUT2D eigenvalue weighted by Gasteiger charge is -2.24. The summed E-state index contributed by atoms with van der Waals surface area (Å²) in [5.74, 6) is 4.91. The first-order chi connectivity index (χ1) is 9.38. The quantitative estimate of drug-likeness (QED) is 0.496. The Morgan fingerprint density at radius 1 is 1.05 bits per heavy atom. The average molecular weight is 306 g/mol. The zero-order valence-electron chi connectivity index (χ0n) is 12.2. The highest BCUT2D eigenvalue weighted by atomic mass is 32.2. The van der Waals surface area contributed by atoms with Crippen LogP contribution in [0.1, 0.15) is 6.42 Å². The van der Waals surface area contributed by atoms with E-state index in [1.807, 2.05) is 11.8 Å². The summed E-state index contributed by atoms with van der Waals surface area (Å²) >= 11 is 4.13. The minimum atomic E-state index is 0.947. The molecule has 0 radical (unpaired) electrons. The van der Waals surface area contributed by atoms with Gasteiger partial charge in [0.2, 0.25) is 0 Å². The molecule has 0 aromatic heterocycles. The monoisotopic (exact) mass is 305 g/mol. The molecule has 5 heteroatoms. The highest BCUT2D eigenvalue weighted by Crippen LogP contribution is 2.21. The molecule has 1 unspecified atom stereocenters. The van der Waals surface area contributed by atoms with Gasteiger partial charge in [-0.2, -0.15) is 23.5 Å². The van der Waals surface area contributed by atoms with E-state index in [1.165, 1.54) is 62.9 Å². The van der Waals surface area contributed by atoms with Crippen LogP contribution in [0.25, 0.3) is 0 Å². The molecule has 0 aliphatic carbocycles. The van der Waals surface area contributed by atoms with Crippen molar-refractivity contribution in [2.75, 3.05) is 76.0 Å². The highest BCUT2D eigenvalue weighted by molar-refractivity contribution is 7.99. The summed E-state index contributed by atoms with van der Waals surface area (Å²) in [6, 6.07) is 0. The van der Waals surface area contributed by atoms with E-state index in [2.05, 4.69) is 32.6 Å². The van der Waals surface area contributed by atoms with Gasteiger partial charge < -0.3 is 9.64 Å². The van der Waals surface area contributed by atoms with Crippen molar-refractivity contribution >= 4 is 23.5 Å². The van der Waals surface area contributed by atoms with Crippen molar-refractivity contribution in [1.82, 2.24) is 9.80 Å². The number of likely N-dealkylation sites (tertiary alicyclic amines) is 1. The van der Waals surface area contributed by atoms with Gasteiger partial charge in [-0.05, 0) is 30.9 Å². The highest BCUT2D eigenvalue weighted by Gasteiger charge is 2.21. The fourth-order valence-corrected chi connectivity index (χ4v) is 4.39. The maximum atomic E-state index is 4.40. The van der Waals surface area contributed by atoms with Gasteiger partial charge in [0, 0.05) is 31.1 Å². The molecule has 0 aromatic carbocycles. The Kier molecular flexibility index (Phi) is 7.98. The molecular weight excluding hydrogens is 276 g/mol. The molecule has 1 atom stereocenters. The number of rotatable bonds is 8. The molecule has 0 spiro atoms. The molecular formula is C14H29N2OS2+. The number of hydrogen-bond acceptors (Lipinski definition) is 4. The second-order valence-electron chi connectivity index (χ2n) is 5.54. The molecule has 2 aliphatic rings. The molecule has 19 heavy (non-hydrogen) atoms. The second-order valence-corrected chi connectivity index (χ2v) is 7.67. The lowest BCUT2D eigenvalue weighted by molar-refractivity contribution is -0.0889. The first-order valence-corrected chi connectivity index (χ1v) is 10.1. The Morgan fingerprint density at radius 3 is 2.63 bits per heavy atom. The summed E-state index contributed by atoms with van der Waals surface area (Å²) in [4.78, 5) is 5.22. The Labute approximate surface area is 126 Å². The van der Waals surface area contributed by atoms with Crippen LogP contribution >= 0.6 is 23.5 Å². The Morgan fingerprint density at radius 2 is 1.84 bits per heavy atom. The van der Waals surface area contributed by atoms with E-state index >= 15 is 0 Å². The SMILES string of the molecule is CSCCN1CCC(CSCCN2CC[OH+]CC2)C1. The third kappa shape index (κ3) is 6.25. The largest absolute Gasteiger partial charge is 0.432 e. The average Bonchev–Trinajstić information content (AvgIpc) is 2.90. The van der Waals surface area contributed by atoms with E-state index in [4.69, 9.17) is 0 Å². The van der Waals surface area contributed by atoms with Crippen molar-refractivity contribution in [3.63, 3.8) is 0 Å². The van der Waals surface area contributed by atoms with Gasteiger partial charge in [-0.1, -0.05) is 0 Å². The first-order valence-electron chi connectivity index (χ1n) is 7.53. The first kappa shape index (κ1) is 16.0. The molecule has 0 amide bonds. The summed E-state index contributed by atoms with van der Waals surface area (Å²) in [7, 11) is 0. The topological polar surface area (TPSA) is 19.3 Å². The number of nitrogens with zero attached hydrogens (tertiary/aromatic N) is 2. The van der Waals surface area contributed by atoms with Crippen LogP contribution in [0.2, 0.25) is 0 Å². The van der Waals surface area contributed by atoms with Crippen LogP contribution in [0.4, 0.5) is 0 Å². The van der Waals surface area contributed by atoms with Crippen molar-refractivity contribution < 1.29 is 4.74 Å². The number of ether oxygens (including phenoxy) is 1. The van der Waals surface area contributed by atoms with Gasteiger partial charge in [0.05, 0.1) is 13.1 Å². The van der Waals surface area contributed by atoms with Gasteiger partial charge in [0.15, 0.2) is 13.2 Å². The predicted molar refractivity (Wildman–Crippen MR) is 88.6 cm³/mol. The van der Waals surface area contributed by atoms with Crippen molar-refractivity contribution in [1.29, 1.82) is 0 Å². The molecule has 2 heterocycles. The zero-order valence-corrected chi connectivity index (χ0v) is 13.9. The minimum Gasteiger partial charge on any atom is -0.432 e. The molecule has 2 saturated heterocycles. The van der Waals surface area contributed by atoms with E-state index in [9.17, 15) is 0 Å². The summed E-state index contributed by atoms with van der Waals surface area (Å²) in [5, 5.41) is 0. The Hall–Kier alpha value is 0.580. The number of aliphatic hydroxyl groups is 2. The van der Waals surface area contributed by atoms with Gasteiger partial charge in [0.1, 0.15) is 0 Å². The van der Waals surface area contributed by atoms with Crippen molar-refractivity contribution in [2.24, 2.45) is 5.92 Å². The fraction of sp³-hybridized carbons (Fsp3) is 1.00. The zero-order chi connectivity index (χ0) is 13.3. The molecule has 1 N–H and O–H groups in total. The molecule has 0 saturated carbocycles. The predicted octanol–water partition coefficient (Wildman–Crippen LogP) is 1.25. The molecule has 3 nitrogen and oxygen atoms in total. The second kappa shape index (κ2) is 9.50. The van der Waals surface area contributed by atoms with Crippen molar-refractivity contribution in [2.45, 2.75) is 6.42 Å². The number of thioether (sulfide) groups is 2. The molecule has 112 valence electrons. The van der Waals surface area contributed by atoms with Crippen LogP contribution in [0.3, 0.4) is 0 Å². The third-order valence-corrected chi connectivity index (χ3v) is 5.80. The third-order valence-electron chi connectivity index (χ3n) is 4.04. The van der Waals surface area contributed by atoms with Gasteiger partial charge in [-0.15, -0.1) is 0 Å². The molecule has 2 rings (SSSR count). The van der Waals surface area contributed by atoms with Crippen LogP contribution in [-0.4, -0.2) is 90.5 Å². The van der Waals surface area contributed by atoms with E-state index < -0.39 is 0 Å². The summed E-state index contributed by atoms with van der Waals surface area (Å²) < 4.78 is 4.40. The molecule has 0 aromatic rings. The van der Waals surface area contributed by atoms with E-state index in [0.29, 0.717) is 0 Å². The van der Waals surface area contributed by atoms with Crippen LogP contribution in [0, 0.1) is 5.92 Å². The lowest BCUT2D eigenvalue weighted by atomic mass is 10.2. The smallest absolute Gasteiger partial charge is 0.157 e. The van der Waals surface area contributed by atoms with Gasteiger partial charge in [0.25, 0.3) is 0 Å². The maximum absolute atomic E-state index is 4.40. The van der Waals surface area contributed by atoms with Crippen molar-refractivity contribution in [3.05, 3.63) is 0 Å². The summed E-state index contributed by atoms with van der Waals surface area (Å²) in [5.41, 5.74) is 0. The summed E-state index contributed by atoms with van der Waals surface area (Å²) in [6.07, 6.45) is 3.63. The number of morpholine rings is 1. The molecule has 2 aliphatic heterocycles. The van der Waals surface area contributed by atoms with E-state index in [-0.39, 0.29) is 0 Å². The molecule has 2 fully saturated rings. The maximum Gasteiger partial charge on any atom is 0.157 e. The van der Waals surface area contributed by atoms with E-state index in [0.717, 1.165) is 19.1 Å². The van der Waals surface area contributed by atoms with Crippen LogP contribution in [0.5, 0.6) is 0 Å². The normalized spacial score (nSPS) is 26.1. The van der Waals surface area contributed by atoms with Crippen molar-refractivity contribution in [3.8, 4) is 0 Å². The standard InChI is InChI=1S/C14H28N2OS2/c1-18-10-6-16-3-2-14(12-16)13-19-11-7-15-4-8-17-9-5-15/h14H,2-13H2,1H3/p+1. The summed E-state index contributed by atoms with van der Waals surface area (Å²) in [6.45, 7) is 9.71. The van der Waals surface area contributed by atoms with E-state index in [1.54, 1.807) is 0 Å². The minimum absolute atomic E-state index is 0.947. The van der Waals surface area contributed by atoms with Gasteiger partial charge in [-0.25, -0.2) is 0 Å². The Bertz CT molecular complexity index is 237. The van der Waals surface area contributed by atoms with Crippen LogP contribution in [0.15, 0.2) is 0 Å².